The van der Waals surface area contributed by atoms with Gasteiger partial charge in [-0.05, 0) is 17.7 Å². The largest absolute Gasteiger partial charge is 0.454 e. The van der Waals surface area contributed by atoms with E-state index in [1.54, 1.807) is 18.2 Å². The number of carbonyl (C=O) groups is 2. The Kier molecular flexibility index (Phi) is 2.32. The monoisotopic (exact) mass is 297 g/mol. The SMILES string of the molecule is O=C1NC(=O)C(c2ccc3c(c2)OCO3)C1Br. The molecule has 0 radical (unpaired) electrons. The van der Waals surface area contributed by atoms with Gasteiger partial charge in [-0.15, -0.1) is 0 Å². The number of benzene rings is 1. The number of amides is 2. The van der Waals surface area contributed by atoms with Crippen LogP contribution in [0, 0.1) is 0 Å². The number of hydrogen-bond donors (Lipinski definition) is 1. The molecule has 2 heterocycles. The van der Waals surface area contributed by atoms with Crippen molar-refractivity contribution in [2.24, 2.45) is 0 Å². The Hall–Kier alpha value is -1.56. The number of nitrogens with one attached hydrogen (secondary N) is 1. The maximum Gasteiger partial charge on any atom is 0.241 e. The van der Waals surface area contributed by atoms with Gasteiger partial charge in [-0.1, -0.05) is 22.0 Å². The van der Waals surface area contributed by atoms with Crippen molar-refractivity contribution in [1.29, 1.82) is 0 Å². The third-order valence-electron chi connectivity index (χ3n) is 2.83. The highest BCUT2D eigenvalue weighted by atomic mass is 79.9. The van der Waals surface area contributed by atoms with Crippen LogP contribution in [0.4, 0.5) is 0 Å². The second-order valence-electron chi connectivity index (χ2n) is 3.85. The zero-order valence-corrected chi connectivity index (χ0v) is 10.2. The molecule has 2 amide bonds. The minimum Gasteiger partial charge on any atom is -0.454 e. The van der Waals surface area contributed by atoms with E-state index in [1.165, 1.54) is 0 Å². The number of carbonyl (C=O) groups excluding carboxylic acids is 2. The summed E-state index contributed by atoms with van der Waals surface area (Å²) in [5.74, 6) is 0.143. The topological polar surface area (TPSA) is 64.6 Å². The number of imide groups is 1. The summed E-state index contributed by atoms with van der Waals surface area (Å²) in [6, 6.07) is 5.25. The van der Waals surface area contributed by atoms with Crippen molar-refractivity contribution in [2.75, 3.05) is 6.79 Å². The number of halogens is 1. The fraction of sp³-hybridized carbons (Fsp3) is 0.273. The number of fused-ring (bicyclic) bond motifs is 1. The van der Waals surface area contributed by atoms with E-state index in [2.05, 4.69) is 21.2 Å². The zero-order valence-electron chi connectivity index (χ0n) is 8.60. The second kappa shape index (κ2) is 3.73. The Morgan fingerprint density at radius 3 is 2.65 bits per heavy atom. The summed E-state index contributed by atoms with van der Waals surface area (Å²) in [6.45, 7) is 0.187. The maximum atomic E-state index is 11.7. The molecule has 0 spiro atoms. The van der Waals surface area contributed by atoms with Crippen LogP contribution in [-0.4, -0.2) is 23.4 Å². The fourth-order valence-electron chi connectivity index (χ4n) is 1.98. The van der Waals surface area contributed by atoms with Crippen LogP contribution in [0.1, 0.15) is 11.5 Å². The second-order valence-corrected chi connectivity index (χ2v) is 4.83. The Morgan fingerprint density at radius 2 is 1.94 bits per heavy atom. The molecule has 0 aliphatic carbocycles. The first-order valence-corrected chi connectivity index (χ1v) is 5.97. The molecule has 1 N–H and O–H groups in total. The normalized spacial score (nSPS) is 26.2. The molecule has 2 aliphatic heterocycles. The molecule has 5 nitrogen and oxygen atoms in total. The minimum absolute atomic E-state index is 0.187. The highest BCUT2D eigenvalue weighted by molar-refractivity contribution is 9.10. The van der Waals surface area contributed by atoms with E-state index < -0.39 is 10.7 Å². The first-order chi connectivity index (χ1) is 8.16. The van der Waals surface area contributed by atoms with Gasteiger partial charge in [0.2, 0.25) is 18.6 Å². The summed E-state index contributed by atoms with van der Waals surface area (Å²) in [6.07, 6.45) is 0. The molecule has 0 saturated carbocycles. The van der Waals surface area contributed by atoms with E-state index in [9.17, 15) is 9.59 Å². The summed E-state index contributed by atoms with van der Waals surface area (Å²) in [5.41, 5.74) is 0.736. The van der Waals surface area contributed by atoms with E-state index in [1.807, 2.05) is 0 Å². The van der Waals surface area contributed by atoms with Crippen molar-refractivity contribution in [2.45, 2.75) is 10.7 Å². The van der Waals surface area contributed by atoms with Gasteiger partial charge < -0.3 is 9.47 Å². The number of hydrogen-bond acceptors (Lipinski definition) is 4. The number of ether oxygens (including phenoxy) is 2. The van der Waals surface area contributed by atoms with Gasteiger partial charge >= 0.3 is 0 Å². The van der Waals surface area contributed by atoms with Crippen LogP contribution in [0.25, 0.3) is 0 Å². The molecule has 88 valence electrons. The number of rotatable bonds is 1. The zero-order chi connectivity index (χ0) is 12.0. The average molecular weight is 298 g/mol. The first kappa shape index (κ1) is 10.6. The van der Waals surface area contributed by atoms with Crippen LogP contribution in [-0.2, 0) is 9.59 Å². The van der Waals surface area contributed by atoms with Crippen LogP contribution in [0.15, 0.2) is 18.2 Å². The predicted molar refractivity (Wildman–Crippen MR) is 61.2 cm³/mol. The first-order valence-electron chi connectivity index (χ1n) is 5.05. The van der Waals surface area contributed by atoms with Crippen molar-refractivity contribution in [3.63, 3.8) is 0 Å². The van der Waals surface area contributed by atoms with Gasteiger partial charge in [0, 0.05) is 0 Å². The van der Waals surface area contributed by atoms with E-state index >= 15 is 0 Å². The molecular formula is C11H8BrNO4. The van der Waals surface area contributed by atoms with Crippen molar-refractivity contribution >= 4 is 27.7 Å². The molecule has 6 heteroatoms. The Morgan fingerprint density at radius 1 is 1.18 bits per heavy atom. The Labute approximate surface area is 105 Å². The highest BCUT2D eigenvalue weighted by Gasteiger charge is 2.41. The standard InChI is InChI=1S/C11H8BrNO4/c12-9-8(10(14)13-11(9)15)5-1-2-6-7(3-5)17-4-16-6/h1-3,8-9H,4H2,(H,13,14,15). The molecule has 1 aromatic carbocycles. The van der Waals surface area contributed by atoms with Crippen LogP contribution in [0.3, 0.4) is 0 Å². The molecule has 1 saturated heterocycles. The van der Waals surface area contributed by atoms with Crippen LogP contribution >= 0.6 is 15.9 Å². The molecule has 2 aliphatic rings. The summed E-state index contributed by atoms with van der Waals surface area (Å²) in [5, 5.41) is 2.29. The van der Waals surface area contributed by atoms with Gasteiger partial charge in [-0.3, -0.25) is 14.9 Å². The van der Waals surface area contributed by atoms with Gasteiger partial charge in [-0.25, -0.2) is 0 Å². The Bertz CT molecular complexity index is 516. The van der Waals surface area contributed by atoms with Gasteiger partial charge in [0.25, 0.3) is 0 Å². The molecule has 0 aromatic heterocycles. The number of alkyl halides is 1. The predicted octanol–water partition coefficient (Wildman–Crippen LogP) is 0.919. The van der Waals surface area contributed by atoms with Crippen molar-refractivity contribution in [3.8, 4) is 11.5 Å². The van der Waals surface area contributed by atoms with Gasteiger partial charge in [0.1, 0.15) is 4.83 Å². The third-order valence-corrected chi connectivity index (χ3v) is 3.77. The van der Waals surface area contributed by atoms with E-state index in [0.29, 0.717) is 11.5 Å². The van der Waals surface area contributed by atoms with Crippen molar-refractivity contribution < 1.29 is 19.1 Å². The molecule has 0 bridgehead atoms. The van der Waals surface area contributed by atoms with Crippen molar-refractivity contribution in [1.82, 2.24) is 5.32 Å². The minimum atomic E-state index is -0.532. The molecule has 2 unspecified atom stereocenters. The lowest BCUT2D eigenvalue weighted by Crippen LogP contribution is -2.22. The smallest absolute Gasteiger partial charge is 0.241 e. The lowest BCUT2D eigenvalue weighted by molar-refractivity contribution is -0.125. The molecule has 2 atom stereocenters. The fourth-order valence-corrected chi connectivity index (χ4v) is 2.64. The third kappa shape index (κ3) is 1.59. The van der Waals surface area contributed by atoms with Gasteiger partial charge in [0.15, 0.2) is 11.5 Å². The molecule has 3 rings (SSSR count). The van der Waals surface area contributed by atoms with E-state index in [0.717, 1.165) is 5.56 Å². The Balaban J connectivity index is 1.99. The van der Waals surface area contributed by atoms with E-state index in [-0.39, 0.29) is 18.6 Å². The maximum absolute atomic E-state index is 11.7. The molecule has 17 heavy (non-hydrogen) atoms. The van der Waals surface area contributed by atoms with Crippen molar-refractivity contribution in [3.05, 3.63) is 23.8 Å². The van der Waals surface area contributed by atoms with Crippen LogP contribution < -0.4 is 14.8 Å². The summed E-state index contributed by atoms with van der Waals surface area (Å²) < 4.78 is 10.4. The van der Waals surface area contributed by atoms with Gasteiger partial charge in [-0.2, -0.15) is 0 Å². The molecule has 1 fully saturated rings. The molecular weight excluding hydrogens is 290 g/mol. The quantitative estimate of drug-likeness (QED) is 0.618. The summed E-state index contributed by atoms with van der Waals surface area (Å²) >= 11 is 3.22. The highest BCUT2D eigenvalue weighted by Crippen LogP contribution is 2.37. The lowest BCUT2D eigenvalue weighted by atomic mass is 9.97. The van der Waals surface area contributed by atoms with E-state index in [4.69, 9.17) is 9.47 Å². The van der Waals surface area contributed by atoms with Gasteiger partial charge in [0.05, 0.1) is 5.92 Å². The molecule has 1 aromatic rings. The summed E-state index contributed by atoms with van der Waals surface area (Å²) in [7, 11) is 0. The lowest BCUT2D eigenvalue weighted by Gasteiger charge is -2.10. The summed E-state index contributed by atoms with van der Waals surface area (Å²) in [4.78, 5) is 22.5. The van der Waals surface area contributed by atoms with Crippen LogP contribution in [0.2, 0.25) is 0 Å². The van der Waals surface area contributed by atoms with Crippen LogP contribution in [0.5, 0.6) is 11.5 Å². The average Bonchev–Trinajstić information content (AvgIpc) is 2.84.